The number of benzene rings is 1. The number of nitrogens with zero attached hydrogens (tertiary/aromatic N) is 1. The van der Waals surface area contributed by atoms with Gasteiger partial charge in [0, 0.05) is 37.2 Å². The molecule has 0 bridgehead atoms. The zero-order chi connectivity index (χ0) is 14.0. The lowest BCUT2D eigenvalue weighted by Gasteiger charge is -2.43. The van der Waals surface area contributed by atoms with Crippen LogP contribution in [0.4, 0.5) is 4.39 Å². The van der Waals surface area contributed by atoms with Crippen molar-refractivity contribution in [1.29, 1.82) is 0 Å². The van der Waals surface area contributed by atoms with E-state index in [0.29, 0.717) is 5.02 Å². The van der Waals surface area contributed by atoms with E-state index in [1.807, 2.05) is 6.07 Å². The largest absolute Gasteiger partial charge is 0.314 e. The monoisotopic (exact) mass is 284 g/mol. The van der Waals surface area contributed by atoms with E-state index in [0.717, 1.165) is 31.7 Å². The van der Waals surface area contributed by atoms with Gasteiger partial charge >= 0.3 is 0 Å². The molecule has 0 spiro atoms. The van der Waals surface area contributed by atoms with Crippen LogP contribution in [0.5, 0.6) is 0 Å². The van der Waals surface area contributed by atoms with E-state index in [-0.39, 0.29) is 17.3 Å². The van der Waals surface area contributed by atoms with Crippen molar-refractivity contribution in [3.63, 3.8) is 0 Å². The SMILES string of the molecule is CC(C)(C)[C@@H](c1ccc(F)cc1Cl)N1CCNCC1. The first-order chi connectivity index (χ1) is 8.89. The molecule has 2 nitrogen and oxygen atoms in total. The normalized spacial score (nSPS) is 19.4. The smallest absolute Gasteiger partial charge is 0.124 e. The average molecular weight is 285 g/mol. The second kappa shape index (κ2) is 5.78. The molecule has 4 heteroatoms. The Morgan fingerprint density at radius 2 is 1.89 bits per heavy atom. The standard InChI is InChI=1S/C15H22ClFN2/c1-15(2,3)14(19-8-6-18-7-9-19)12-5-4-11(17)10-13(12)16/h4-5,10,14,18H,6-9H2,1-3H3/t14-/m1/s1. The van der Waals surface area contributed by atoms with Crippen LogP contribution in [-0.2, 0) is 0 Å². The first-order valence-corrected chi connectivity index (χ1v) is 7.17. The van der Waals surface area contributed by atoms with Gasteiger partial charge in [0.1, 0.15) is 5.82 Å². The van der Waals surface area contributed by atoms with Gasteiger partial charge in [-0.05, 0) is 23.1 Å². The Balaban J connectivity index is 2.36. The molecule has 106 valence electrons. The van der Waals surface area contributed by atoms with Crippen LogP contribution in [0.2, 0.25) is 5.02 Å². The average Bonchev–Trinajstić information content (AvgIpc) is 2.32. The van der Waals surface area contributed by atoms with Crippen molar-refractivity contribution >= 4 is 11.6 Å². The highest BCUT2D eigenvalue weighted by atomic mass is 35.5. The molecule has 1 fully saturated rings. The van der Waals surface area contributed by atoms with E-state index in [4.69, 9.17) is 11.6 Å². The molecule has 0 amide bonds. The molecule has 0 aromatic heterocycles. The van der Waals surface area contributed by atoms with Crippen molar-refractivity contribution in [2.45, 2.75) is 26.8 Å². The first kappa shape index (κ1) is 14.8. The molecule has 19 heavy (non-hydrogen) atoms. The van der Waals surface area contributed by atoms with Crippen molar-refractivity contribution in [1.82, 2.24) is 10.2 Å². The Morgan fingerprint density at radius 3 is 2.42 bits per heavy atom. The van der Waals surface area contributed by atoms with Crippen molar-refractivity contribution in [2.75, 3.05) is 26.2 Å². The summed E-state index contributed by atoms with van der Waals surface area (Å²) in [5.41, 5.74) is 1.08. The zero-order valence-corrected chi connectivity index (χ0v) is 12.6. The number of rotatable bonds is 2. The first-order valence-electron chi connectivity index (χ1n) is 6.79. The highest BCUT2D eigenvalue weighted by molar-refractivity contribution is 6.31. The maximum atomic E-state index is 13.2. The van der Waals surface area contributed by atoms with Crippen molar-refractivity contribution in [3.05, 3.63) is 34.6 Å². The maximum absolute atomic E-state index is 13.2. The third kappa shape index (κ3) is 3.47. The van der Waals surface area contributed by atoms with Crippen LogP contribution in [-0.4, -0.2) is 31.1 Å². The molecule has 2 rings (SSSR count). The Labute approximate surface area is 119 Å². The molecule has 0 unspecified atom stereocenters. The van der Waals surface area contributed by atoms with Crippen LogP contribution in [0.25, 0.3) is 0 Å². The Kier molecular flexibility index (Phi) is 4.49. The Bertz CT molecular complexity index is 436. The van der Waals surface area contributed by atoms with Crippen molar-refractivity contribution in [3.8, 4) is 0 Å². The van der Waals surface area contributed by atoms with Crippen molar-refractivity contribution < 1.29 is 4.39 Å². The summed E-state index contributed by atoms with van der Waals surface area (Å²) < 4.78 is 13.2. The Hall–Kier alpha value is -0.640. The van der Waals surface area contributed by atoms with E-state index >= 15 is 0 Å². The summed E-state index contributed by atoms with van der Waals surface area (Å²) in [6.07, 6.45) is 0. The quantitative estimate of drug-likeness (QED) is 0.895. The van der Waals surface area contributed by atoms with E-state index < -0.39 is 0 Å². The van der Waals surface area contributed by atoms with Crippen LogP contribution in [0.3, 0.4) is 0 Å². The molecule has 0 radical (unpaired) electrons. The number of nitrogens with one attached hydrogen (secondary N) is 1. The molecule has 0 aliphatic carbocycles. The molecular weight excluding hydrogens is 263 g/mol. The van der Waals surface area contributed by atoms with Gasteiger partial charge in [-0.3, -0.25) is 4.90 Å². The molecule has 0 saturated carbocycles. The van der Waals surface area contributed by atoms with Gasteiger partial charge in [0.25, 0.3) is 0 Å². The summed E-state index contributed by atoms with van der Waals surface area (Å²) in [5.74, 6) is -0.276. The summed E-state index contributed by atoms with van der Waals surface area (Å²) >= 11 is 6.27. The number of halogens is 2. The highest BCUT2D eigenvalue weighted by Gasteiger charge is 2.33. The molecule has 1 saturated heterocycles. The van der Waals surface area contributed by atoms with Crippen LogP contribution >= 0.6 is 11.6 Å². The summed E-state index contributed by atoms with van der Waals surface area (Å²) in [6, 6.07) is 4.96. The number of hydrogen-bond acceptors (Lipinski definition) is 2. The van der Waals surface area contributed by atoms with Crippen molar-refractivity contribution in [2.24, 2.45) is 5.41 Å². The van der Waals surface area contributed by atoms with Gasteiger partial charge in [0.05, 0.1) is 0 Å². The zero-order valence-electron chi connectivity index (χ0n) is 11.8. The van der Waals surface area contributed by atoms with Gasteiger partial charge in [-0.1, -0.05) is 38.4 Å². The highest BCUT2D eigenvalue weighted by Crippen LogP contribution is 2.41. The summed E-state index contributed by atoms with van der Waals surface area (Å²) in [4.78, 5) is 2.44. The minimum absolute atomic E-state index is 0.0544. The molecule has 1 heterocycles. The second-order valence-electron chi connectivity index (χ2n) is 6.22. The van der Waals surface area contributed by atoms with Crippen LogP contribution in [0.15, 0.2) is 18.2 Å². The summed E-state index contributed by atoms with van der Waals surface area (Å²) in [6.45, 7) is 10.6. The van der Waals surface area contributed by atoms with Gasteiger partial charge in [-0.15, -0.1) is 0 Å². The maximum Gasteiger partial charge on any atom is 0.124 e. The molecule has 1 N–H and O–H groups in total. The van der Waals surface area contributed by atoms with Crippen LogP contribution < -0.4 is 5.32 Å². The van der Waals surface area contributed by atoms with Gasteiger partial charge in [0.15, 0.2) is 0 Å². The molecule has 1 aromatic rings. The fraction of sp³-hybridized carbons (Fsp3) is 0.600. The molecular formula is C15H22ClFN2. The van der Waals surface area contributed by atoms with E-state index in [2.05, 4.69) is 31.0 Å². The minimum Gasteiger partial charge on any atom is -0.314 e. The van der Waals surface area contributed by atoms with Gasteiger partial charge in [-0.25, -0.2) is 4.39 Å². The predicted octanol–water partition coefficient (Wildman–Crippen LogP) is 3.47. The lowest BCUT2D eigenvalue weighted by Crippen LogP contribution is -2.48. The summed E-state index contributed by atoms with van der Waals surface area (Å²) in [5, 5.41) is 3.89. The van der Waals surface area contributed by atoms with Gasteiger partial charge in [0.2, 0.25) is 0 Å². The van der Waals surface area contributed by atoms with E-state index in [1.54, 1.807) is 0 Å². The van der Waals surface area contributed by atoms with Gasteiger partial charge < -0.3 is 5.32 Å². The van der Waals surface area contributed by atoms with Crippen LogP contribution in [0.1, 0.15) is 32.4 Å². The molecule has 1 aliphatic heterocycles. The summed E-state index contributed by atoms with van der Waals surface area (Å²) in [7, 11) is 0. The third-order valence-electron chi connectivity index (χ3n) is 3.59. The van der Waals surface area contributed by atoms with E-state index in [1.165, 1.54) is 12.1 Å². The third-order valence-corrected chi connectivity index (χ3v) is 3.92. The number of hydrogen-bond donors (Lipinski definition) is 1. The van der Waals surface area contributed by atoms with Crippen LogP contribution in [0, 0.1) is 11.2 Å². The number of piperazine rings is 1. The molecule has 1 atom stereocenters. The second-order valence-corrected chi connectivity index (χ2v) is 6.63. The fourth-order valence-corrected chi connectivity index (χ4v) is 3.15. The van der Waals surface area contributed by atoms with Gasteiger partial charge in [-0.2, -0.15) is 0 Å². The topological polar surface area (TPSA) is 15.3 Å². The predicted molar refractivity (Wildman–Crippen MR) is 78.0 cm³/mol. The lowest BCUT2D eigenvalue weighted by molar-refractivity contribution is 0.0862. The lowest BCUT2D eigenvalue weighted by atomic mass is 9.81. The minimum atomic E-state index is -0.276. The molecule has 1 aliphatic rings. The van der Waals surface area contributed by atoms with E-state index in [9.17, 15) is 4.39 Å². The Morgan fingerprint density at radius 1 is 1.26 bits per heavy atom. The fourth-order valence-electron chi connectivity index (χ4n) is 2.87. The molecule has 1 aromatic carbocycles.